The summed E-state index contributed by atoms with van der Waals surface area (Å²) >= 11 is 12.0. The highest BCUT2D eigenvalue weighted by Gasteiger charge is 2.35. The highest BCUT2D eigenvalue weighted by molar-refractivity contribution is 14.1. The molecule has 0 saturated carbocycles. The lowest BCUT2D eigenvalue weighted by Crippen LogP contribution is -2.40. The Labute approximate surface area is 318 Å². The molecule has 12 heteroatoms. The van der Waals surface area contributed by atoms with Crippen molar-refractivity contribution in [2.75, 3.05) is 20.8 Å². The van der Waals surface area contributed by atoms with Gasteiger partial charge in [0.1, 0.15) is 12.4 Å². The van der Waals surface area contributed by atoms with Crippen LogP contribution in [0.2, 0.25) is 5.02 Å². The smallest absolute Gasteiger partial charge is 0.338 e. The Morgan fingerprint density at radius 1 is 0.980 bits per heavy atom. The highest BCUT2D eigenvalue weighted by Crippen LogP contribution is 2.38. The Bertz CT molecular complexity index is 2270. The van der Waals surface area contributed by atoms with Crippen molar-refractivity contribution < 1.29 is 23.7 Å². The van der Waals surface area contributed by atoms with Crippen molar-refractivity contribution in [3.63, 3.8) is 0 Å². The highest BCUT2D eigenvalue weighted by atomic mass is 127. The molecule has 6 rings (SSSR count). The van der Waals surface area contributed by atoms with Crippen molar-refractivity contribution in [1.82, 2.24) is 4.57 Å². The van der Waals surface area contributed by atoms with Crippen molar-refractivity contribution in [1.29, 1.82) is 0 Å². The average Bonchev–Trinajstić information content (AvgIpc) is 3.41. The molecule has 2 heterocycles. The average molecular weight is 919 g/mol. The molecular weight excluding hydrogens is 890 g/mol. The van der Waals surface area contributed by atoms with E-state index in [1.54, 1.807) is 37.8 Å². The molecule has 0 saturated heterocycles. The van der Waals surface area contributed by atoms with E-state index in [1.165, 1.54) is 11.3 Å². The summed E-state index contributed by atoms with van der Waals surface area (Å²) in [5, 5.41) is 0.626. The zero-order valence-corrected chi connectivity index (χ0v) is 32.4. The molecule has 4 aromatic carbocycles. The Kier molecular flexibility index (Phi) is 11.1. The maximum absolute atomic E-state index is 14.5. The number of thiazole rings is 1. The summed E-state index contributed by atoms with van der Waals surface area (Å²) in [5.74, 6) is 1.05. The molecule has 49 heavy (non-hydrogen) atoms. The van der Waals surface area contributed by atoms with Crippen LogP contribution < -0.4 is 29.1 Å². The summed E-state index contributed by atoms with van der Waals surface area (Å²) < 4.78 is 26.9. The van der Waals surface area contributed by atoms with Crippen LogP contribution in [-0.4, -0.2) is 31.4 Å². The van der Waals surface area contributed by atoms with E-state index in [-0.39, 0.29) is 17.7 Å². The van der Waals surface area contributed by atoms with Crippen LogP contribution in [0.5, 0.6) is 17.2 Å². The number of nitrogens with zero attached hydrogens (tertiary/aromatic N) is 2. The van der Waals surface area contributed by atoms with E-state index in [4.69, 9.17) is 35.5 Å². The third kappa shape index (κ3) is 7.44. The zero-order chi connectivity index (χ0) is 34.7. The van der Waals surface area contributed by atoms with Gasteiger partial charge in [-0.2, -0.15) is 0 Å². The van der Waals surface area contributed by atoms with Gasteiger partial charge in [-0.15, -0.1) is 0 Å². The largest absolute Gasteiger partial charge is 0.493 e. The lowest BCUT2D eigenvalue weighted by atomic mass is 9.93. The van der Waals surface area contributed by atoms with E-state index in [0.717, 1.165) is 23.8 Å². The van der Waals surface area contributed by atoms with E-state index < -0.39 is 12.0 Å². The second kappa shape index (κ2) is 15.5. The monoisotopic (exact) mass is 918 g/mol. The number of carbonyl (C=O) groups is 1. The summed E-state index contributed by atoms with van der Waals surface area (Å²) in [6.07, 6.45) is 1.82. The molecule has 1 aliphatic heterocycles. The van der Waals surface area contributed by atoms with E-state index >= 15 is 0 Å². The van der Waals surface area contributed by atoms with Crippen molar-refractivity contribution in [2.24, 2.45) is 4.99 Å². The first-order valence-electron chi connectivity index (χ1n) is 15.1. The third-order valence-corrected chi connectivity index (χ3v) is 10.3. The predicted octanol–water partition coefficient (Wildman–Crippen LogP) is 7.39. The van der Waals surface area contributed by atoms with Gasteiger partial charge in [0.15, 0.2) is 16.3 Å². The van der Waals surface area contributed by atoms with E-state index in [0.29, 0.717) is 49.5 Å². The van der Waals surface area contributed by atoms with Gasteiger partial charge in [-0.05, 0) is 106 Å². The minimum absolute atomic E-state index is 0.150. The van der Waals surface area contributed by atoms with Crippen molar-refractivity contribution in [2.45, 2.75) is 19.6 Å². The Morgan fingerprint density at radius 3 is 2.47 bits per heavy atom. The van der Waals surface area contributed by atoms with E-state index in [1.807, 2.05) is 78.9 Å². The number of rotatable bonds is 10. The number of esters is 1. The SMILES string of the molecule is CCOC(=O)C1=C(c2ccccc2)N=c2s/c(=C\c3cc(I)cc(I)c3OCc3cccc(Cl)c3)c(=O)n2[C@H]1c1ccc(OC)c(OC)c1. The van der Waals surface area contributed by atoms with Gasteiger partial charge < -0.3 is 18.9 Å². The van der Waals surface area contributed by atoms with Gasteiger partial charge >= 0.3 is 5.97 Å². The van der Waals surface area contributed by atoms with Gasteiger partial charge in [-0.1, -0.05) is 71.5 Å². The lowest BCUT2D eigenvalue weighted by molar-refractivity contribution is -0.138. The quantitative estimate of drug-likeness (QED) is 0.107. The van der Waals surface area contributed by atoms with Crippen molar-refractivity contribution in [3.8, 4) is 17.2 Å². The lowest BCUT2D eigenvalue weighted by Gasteiger charge is -2.26. The maximum atomic E-state index is 14.5. The third-order valence-electron chi connectivity index (χ3n) is 7.69. The molecule has 0 radical (unpaired) electrons. The zero-order valence-electron chi connectivity index (χ0n) is 26.5. The Hall–Kier alpha value is -3.66. The first-order chi connectivity index (χ1) is 23.7. The number of halogens is 3. The number of benzene rings is 4. The minimum Gasteiger partial charge on any atom is -0.493 e. The van der Waals surface area contributed by atoms with Crippen LogP contribution in [0.1, 0.15) is 35.2 Å². The maximum Gasteiger partial charge on any atom is 0.338 e. The molecule has 250 valence electrons. The Balaban J connectivity index is 1.58. The van der Waals surface area contributed by atoms with Crippen LogP contribution in [0.3, 0.4) is 0 Å². The molecule has 8 nitrogen and oxygen atoms in total. The summed E-state index contributed by atoms with van der Waals surface area (Å²) in [6, 6.07) is 25.4. The number of fused-ring (bicyclic) bond motifs is 1. The van der Waals surface area contributed by atoms with Gasteiger partial charge in [-0.25, -0.2) is 9.79 Å². The molecule has 0 N–H and O–H groups in total. The molecule has 0 amide bonds. The number of methoxy groups -OCH3 is 2. The van der Waals surface area contributed by atoms with Gasteiger partial charge in [0, 0.05) is 19.7 Å². The molecule has 0 spiro atoms. The van der Waals surface area contributed by atoms with Gasteiger partial charge in [0.2, 0.25) is 0 Å². The van der Waals surface area contributed by atoms with Gasteiger partial charge in [0.05, 0.1) is 46.2 Å². The second-order valence-electron chi connectivity index (χ2n) is 10.8. The van der Waals surface area contributed by atoms with E-state index in [2.05, 4.69) is 45.2 Å². The van der Waals surface area contributed by atoms with Crippen molar-refractivity contribution in [3.05, 3.63) is 145 Å². The predicted molar refractivity (Wildman–Crippen MR) is 208 cm³/mol. The first-order valence-corrected chi connectivity index (χ1v) is 18.4. The summed E-state index contributed by atoms with van der Waals surface area (Å²) in [4.78, 5) is 33.8. The molecule has 5 aromatic rings. The number of ether oxygens (including phenoxy) is 4. The normalized spacial score (nSPS) is 14.2. The fourth-order valence-electron chi connectivity index (χ4n) is 5.54. The first kappa shape index (κ1) is 35.2. The Morgan fingerprint density at radius 2 is 1.76 bits per heavy atom. The summed E-state index contributed by atoms with van der Waals surface area (Å²) in [5.41, 5.74) is 3.37. The number of hydrogen-bond donors (Lipinski definition) is 0. The van der Waals surface area contributed by atoms with Crippen LogP contribution in [0.15, 0.2) is 100 Å². The van der Waals surface area contributed by atoms with Crippen LogP contribution in [-0.2, 0) is 16.1 Å². The van der Waals surface area contributed by atoms with Crippen LogP contribution >= 0.6 is 68.1 Å². The molecule has 0 bridgehead atoms. The molecule has 1 aliphatic rings. The van der Waals surface area contributed by atoms with E-state index in [9.17, 15) is 9.59 Å². The van der Waals surface area contributed by atoms with Crippen molar-refractivity contribution >= 4 is 85.9 Å². The molecule has 0 aliphatic carbocycles. The van der Waals surface area contributed by atoms with Gasteiger partial charge in [-0.3, -0.25) is 9.36 Å². The summed E-state index contributed by atoms with van der Waals surface area (Å²) in [7, 11) is 3.09. The van der Waals surface area contributed by atoms with Crippen LogP contribution in [0.25, 0.3) is 11.8 Å². The van der Waals surface area contributed by atoms with Crippen LogP contribution in [0, 0.1) is 7.14 Å². The summed E-state index contributed by atoms with van der Waals surface area (Å²) in [6.45, 7) is 2.19. The van der Waals surface area contributed by atoms with Gasteiger partial charge in [0.25, 0.3) is 5.56 Å². The molecule has 1 atom stereocenters. The molecular formula is C37H29ClI2N2O6S. The molecule has 0 unspecified atom stereocenters. The standard InChI is InChI=1S/C37H29ClI2N2O6S/c1-4-47-36(44)31-32(22-10-6-5-7-11-22)41-37-42(33(31)23-13-14-28(45-2)29(17-23)46-3)35(43)30(49-37)18-24-16-26(39)19-27(40)34(24)48-20-21-9-8-12-25(38)15-21/h5-19,33H,4,20H2,1-3H3/b30-18-/t33-/m0/s1. The fourth-order valence-corrected chi connectivity index (χ4v) is 8.79. The number of carbonyl (C=O) groups excluding carboxylic acids is 1. The second-order valence-corrected chi connectivity index (χ2v) is 14.6. The number of aromatic nitrogens is 1. The number of hydrogen-bond acceptors (Lipinski definition) is 8. The fraction of sp³-hybridized carbons (Fsp3) is 0.162. The minimum atomic E-state index is -0.873. The topological polar surface area (TPSA) is 88.4 Å². The molecule has 0 fully saturated rings. The molecule has 1 aromatic heterocycles. The van der Waals surface area contributed by atoms with Crippen LogP contribution in [0.4, 0.5) is 0 Å².